The number of benzene rings is 2. The zero-order chi connectivity index (χ0) is 23.0. The van der Waals surface area contributed by atoms with Crippen molar-refractivity contribution >= 4 is 27.6 Å². The first kappa shape index (κ1) is 24.2. The molecule has 0 aliphatic heterocycles. The number of hydrogen-bond donors (Lipinski definition) is 0. The van der Waals surface area contributed by atoms with Crippen LogP contribution < -0.4 is 9.04 Å². The van der Waals surface area contributed by atoms with Gasteiger partial charge in [-0.1, -0.05) is 6.07 Å². The average Bonchev–Trinajstić information content (AvgIpc) is 2.73. The third kappa shape index (κ3) is 5.75. The molecule has 0 saturated heterocycles. The quantitative estimate of drug-likeness (QED) is 0.513. The zero-order valence-electron chi connectivity index (χ0n) is 18.1. The lowest BCUT2D eigenvalue weighted by atomic mass is 10.1. The summed E-state index contributed by atoms with van der Waals surface area (Å²) < 4.78 is 43.3. The standard InChI is InChI=1S/C22H27NO7S/c1-5-28-17-11-13-18(14-12-17)31(26,27)23(15-21(24)29-6-2)20-10-8-9-19(16(20)4)22(25)30-7-3/h8-14H,5-7,15H2,1-4H3. The number of esters is 2. The second-order valence-electron chi connectivity index (χ2n) is 6.39. The van der Waals surface area contributed by atoms with Crippen LogP contribution in [-0.2, 0) is 24.3 Å². The van der Waals surface area contributed by atoms with Crippen LogP contribution in [0.5, 0.6) is 5.75 Å². The summed E-state index contributed by atoms with van der Waals surface area (Å²) in [5.41, 5.74) is 0.780. The van der Waals surface area contributed by atoms with E-state index in [0.29, 0.717) is 17.9 Å². The first-order valence-corrected chi connectivity index (χ1v) is 11.4. The molecule has 0 radical (unpaired) electrons. The van der Waals surface area contributed by atoms with Crippen LogP contribution in [0.25, 0.3) is 0 Å². The van der Waals surface area contributed by atoms with E-state index in [9.17, 15) is 18.0 Å². The topological polar surface area (TPSA) is 99.2 Å². The van der Waals surface area contributed by atoms with Crippen LogP contribution in [0.4, 0.5) is 5.69 Å². The highest BCUT2D eigenvalue weighted by Crippen LogP contribution is 2.30. The van der Waals surface area contributed by atoms with Gasteiger partial charge < -0.3 is 14.2 Å². The van der Waals surface area contributed by atoms with Gasteiger partial charge in [0.15, 0.2) is 0 Å². The van der Waals surface area contributed by atoms with E-state index in [1.165, 1.54) is 18.2 Å². The van der Waals surface area contributed by atoms with E-state index in [1.54, 1.807) is 45.0 Å². The third-order valence-electron chi connectivity index (χ3n) is 4.37. The molecule has 9 heteroatoms. The summed E-state index contributed by atoms with van der Waals surface area (Å²) in [7, 11) is -4.15. The molecule has 2 aromatic carbocycles. The molecule has 0 unspecified atom stereocenters. The van der Waals surface area contributed by atoms with E-state index < -0.39 is 28.5 Å². The van der Waals surface area contributed by atoms with Crippen molar-refractivity contribution in [3.63, 3.8) is 0 Å². The predicted molar refractivity (Wildman–Crippen MR) is 116 cm³/mol. The lowest BCUT2D eigenvalue weighted by molar-refractivity contribution is -0.141. The number of ether oxygens (including phenoxy) is 3. The SMILES string of the molecule is CCOC(=O)CN(c1cccc(C(=O)OCC)c1C)S(=O)(=O)c1ccc(OCC)cc1. The predicted octanol–water partition coefficient (Wildman–Crippen LogP) is 3.33. The third-order valence-corrected chi connectivity index (χ3v) is 6.14. The largest absolute Gasteiger partial charge is 0.494 e. The first-order valence-electron chi connectivity index (χ1n) is 9.94. The summed E-state index contributed by atoms with van der Waals surface area (Å²) in [5.74, 6) is -0.756. The van der Waals surface area contributed by atoms with E-state index in [0.717, 1.165) is 4.31 Å². The lowest BCUT2D eigenvalue weighted by Crippen LogP contribution is -2.37. The summed E-state index contributed by atoms with van der Waals surface area (Å²) in [6.45, 7) is 6.93. The molecule has 0 atom stereocenters. The molecule has 0 aliphatic rings. The van der Waals surface area contributed by atoms with Crippen molar-refractivity contribution < 1.29 is 32.2 Å². The van der Waals surface area contributed by atoms with Crippen LogP contribution in [0.2, 0.25) is 0 Å². The molecule has 8 nitrogen and oxygen atoms in total. The number of carbonyl (C=O) groups is 2. The van der Waals surface area contributed by atoms with Crippen LogP contribution >= 0.6 is 0 Å². The molecule has 0 aliphatic carbocycles. The molecule has 0 aromatic heterocycles. The van der Waals surface area contributed by atoms with Gasteiger partial charge in [0, 0.05) is 0 Å². The van der Waals surface area contributed by atoms with E-state index in [2.05, 4.69) is 0 Å². The van der Waals surface area contributed by atoms with Gasteiger partial charge in [-0.15, -0.1) is 0 Å². The monoisotopic (exact) mass is 449 g/mol. The van der Waals surface area contributed by atoms with E-state index in [4.69, 9.17) is 14.2 Å². The number of hydrogen-bond acceptors (Lipinski definition) is 7. The van der Waals surface area contributed by atoms with Crippen molar-refractivity contribution in [2.45, 2.75) is 32.6 Å². The van der Waals surface area contributed by atoms with Gasteiger partial charge in [-0.3, -0.25) is 9.10 Å². The molecule has 0 fully saturated rings. The highest BCUT2D eigenvalue weighted by Gasteiger charge is 2.30. The average molecular weight is 450 g/mol. The van der Waals surface area contributed by atoms with Crippen LogP contribution in [0.3, 0.4) is 0 Å². The minimum Gasteiger partial charge on any atom is -0.494 e. The van der Waals surface area contributed by atoms with E-state index in [-0.39, 0.29) is 29.4 Å². The Labute approximate surface area is 182 Å². The molecule has 0 saturated carbocycles. The normalized spacial score (nSPS) is 11.0. The first-order chi connectivity index (χ1) is 14.8. The molecular weight excluding hydrogens is 422 g/mol. The Morgan fingerprint density at radius 2 is 1.55 bits per heavy atom. The Balaban J connectivity index is 2.56. The second kappa shape index (κ2) is 10.8. The van der Waals surface area contributed by atoms with Crippen molar-refractivity contribution in [1.29, 1.82) is 0 Å². The fraction of sp³-hybridized carbons (Fsp3) is 0.364. The highest BCUT2D eigenvalue weighted by molar-refractivity contribution is 7.92. The van der Waals surface area contributed by atoms with Gasteiger partial charge in [-0.2, -0.15) is 0 Å². The Hall–Kier alpha value is -3.07. The molecule has 0 bridgehead atoms. The number of nitrogens with zero attached hydrogens (tertiary/aromatic N) is 1. The molecule has 0 spiro atoms. The Morgan fingerprint density at radius 3 is 2.13 bits per heavy atom. The van der Waals surface area contributed by atoms with Gasteiger partial charge in [0.05, 0.1) is 36.0 Å². The Bertz CT molecular complexity index is 1020. The zero-order valence-corrected chi connectivity index (χ0v) is 18.9. The fourth-order valence-corrected chi connectivity index (χ4v) is 4.42. The number of anilines is 1. The smallest absolute Gasteiger partial charge is 0.338 e. The maximum Gasteiger partial charge on any atom is 0.338 e. The highest BCUT2D eigenvalue weighted by atomic mass is 32.2. The number of carbonyl (C=O) groups excluding carboxylic acids is 2. The minimum absolute atomic E-state index is 0.0267. The molecule has 31 heavy (non-hydrogen) atoms. The van der Waals surface area contributed by atoms with Crippen molar-refractivity contribution in [3.05, 3.63) is 53.6 Å². The second-order valence-corrected chi connectivity index (χ2v) is 8.25. The van der Waals surface area contributed by atoms with Crippen LogP contribution in [-0.4, -0.2) is 46.7 Å². The van der Waals surface area contributed by atoms with Crippen LogP contribution in [0, 0.1) is 6.92 Å². The molecule has 168 valence electrons. The van der Waals surface area contributed by atoms with Crippen molar-refractivity contribution in [2.75, 3.05) is 30.7 Å². The van der Waals surface area contributed by atoms with E-state index in [1.807, 2.05) is 6.92 Å². The fourth-order valence-electron chi connectivity index (χ4n) is 2.95. The van der Waals surface area contributed by atoms with Crippen LogP contribution in [0.15, 0.2) is 47.4 Å². The Morgan fingerprint density at radius 1 is 0.903 bits per heavy atom. The van der Waals surface area contributed by atoms with Crippen molar-refractivity contribution in [1.82, 2.24) is 0 Å². The minimum atomic E-state index is -4.15. The molecular formula is C22H27NO7S. The summed E-state index contributed by atoms with van der Waals surface area (Å²) in [5, 5.41) is 0. The van der Waals surface area contributed by atoms with Crippen molar-refractivity contribution in [2.24, 2.45) is 0 Å². The van der Waals surface area contributed by atoms with Gasteiger partial charge >= 0.3 is 11.9 Å². The Kier molecular flexibility index (Phi) is 8.44. The lowest BCUT2D eigenvalue weighted by Gasteiger charge is -2.26. The molecule has 0 amide bonds. The molecule has 2 rings (SSSR count). The van der Waals surface area contributed by atoms with Crippen molar-refractivity contribution in [3.8, 4) is 5.75 Å². The van der Waals surface area contributed by atoms with E-state index >= 15 is 0 Å². The summed E-state index contributed by atoms with van der Waals surface area (Å²) in [6.07, 6.45) is 0. The number of sulfonamides is 1. The number of rotatable bonds is 10. The van der Waals surface area contributed by atoms with Gasteiger partial charge in [-0.05, 0) is 69.7 Å². The maximum absolute atomic E-state index is 13.5. The summed E-state index contributed by atoms with van der Waals surface area (Å²) in [6, 6.07) is 10.5. The van der Waals surface area contributed by atoms with Gasteiger partial charge in [0.1, 0.15) is 12.3 Å². The summed E-state index contributed by atoms with van der Waals surface area (Å²) in [4.78, 5) is 24.5. The van der Waals surface area contributed by atoms with Gasteiger partial charge in [0.25, 0.3) is 10.0 Å². The van der Waals surface area contributed by atoms with Crippen LogP contribution in [0.1, 0.15) is 36.7 Å². The van der Waals surface area contributed by atoms with Gasteiger partial charge in [0.2, 0.25) is 0 Å². The molecule has 0 N–H and O–H groups in total. The maximum atomic E-state index is 13.5. The molecule has 0 heterocycles. The van der Waals surface area contributed by atoms with Gasteiger partial charge in [-0.25, -0.2) is 13.2 Å². The summed E-state index contributed by atoms with van der Waals surface area (Å²) >= 11 is 0. The molecule has 2 aromatic rings.